The van der Waals surface area contributed by atoms with E-state index in [1.165, 1.54) is 0 Å². The summed E-state index contributed by atoms with van der Waals surface area (Å²) in [5, 5.41) is 9.36. The maximum Gasteiger partial charge on any atom is 0.451 e. The molecule has 0 bridgehead atoms. The van der Waals surface area contributed by atoms with E-state index in [4.69, 9.17) is 0 Å². The number of nitrogens with one attached hydrogen (secondary N) is 3. The summed E-state index contributed by atoms with van der Waals surface area (Å²) in [6, 6.07) is 16.4. The highest BCUT2D eigenvalue weighted by molar-refractivity contribution is 5.99. The van der Waals surface area contributed by atoms with E-state index in [1.54, 1.807) is 29.4 Å². The first-order valence-electron chi connectivity index (χ1n) is 8.06. The molecule has 3 N–H and O–H groups in total. The first-order valence-corrected chi connectivity index (χ1v) is 8.06. The first-order chi connectivity index (χ1) is 13.3. The number of aromatic amines is 1. The molecule has 28 heavy (non-hydrogen) atoms. The summed E-state index contributed by atoms with van der Waals surface area (Å²) in [5.74, 6) is -3.12. The molecule has 2 aromatic carbocycles. The third-order valence-electron chi connectivity index (χ3n) is 3.67. The van der Waals surface area contributed by atoms with Crippen molar-refractivity contribution in [3.8, 4) is 11.1 Å². The fourth-order valence-electron chi connectivity index (χ4n) is 2.32. The van der Waals surface area contributed by atoms with Gasteiger partial charge in [0.25, 0.3) is 5.91 Å². The number of halogens is 3. The van der Waals surface area contributed by atoms with Crippen molar-refractivity contribution in [1.29, 1.82) is 0 Å². The van der Waals surface area contributed by atoms with Crippen molar-refractivity contribution in [3.05, 3.63) is 66.0 Å². The first kappa shape index (κ1) is 19.1. The summed E-state index contributed by atoms with van der Waals surface area (Å²) in [6.07, 6.45) is -4.70. The summed E-state index contributed by atoms with van der Waals surface area (Å²) < 4.78 is 37.2. The number of carbonyl (C=O) groups is 2. The lowest BCUT2D eigenvalue weighted by atomic mass is 10.0. The Labute approximate surface area is 157 Å². The van der Waals surface area contributed by atoms with E-state index in [0.717, 1.165) is 11.1 Å². The zero-order valence-corrected chi connectivity index (χ0v) is 14.2. The molecule has 0 unspecified atom stereocenters. The molecular weight excluding hydrogens is 375 g/mol. The highest BCUT2D eigenvalue weighted by Crippen LogP contribution is 2.26. The molecule has 0 aliphatic rings. The number of rotatable bonds is 5. The van der Waals surface area contributed by atoms with Crippen LogP contribution in [0, 0.1) is 0 Å². The average Bonchev–Trinajstić information content (AvgIpc) is 3.16. The SMILES string of the molecule is O=C(CNC(=O)c1ccc(-c2ccccc2)cc1)Nc1n[nH]c(C(F)(F)F)n1. The number of nitrogens with zero attached hydrogens (tertiary/aromatic N) is 2. The van der Waals surface area contributed by atoms with Gasteiger partial charge in [-0.05, 0) is 23.3 Å². The standard InChI is InChI=1S/C18H14F3N5O2/c19-18(20,21)16-24-17(26-25-16)23-14(27)10-22-15(28)13-8-6-12(7-9-13)11-4-2-1-3-5-11/h1-9H,10H2,(H,22,28)(H2,23,24,25,26,27). The number of H-pyrrole nitrogens is 1. The quantitative estimate of drug-likeness (QED) is 0.625. The molecular formula is C18H14F3N5O2. The summed E-state index contributed by atoms with van der Waals surface area (Å²) in [6.45, 7) is -0.449. The minimum Gasteiger partial charge on any atom is -0.343 e. The molecule has 144 valence electrons. The molecule has 0 saturated carbocycles. The van der Waals surface area contributed by atoms with Gasteiger partial charge in [0.15, 0.2) is 0 Å². The fraction of sp³-hybridized carbons (Fsp3) is 0.111. The van der Waals surface area contributed by atoms with Crippen molar-refractivity contribution in [3.63, 3.8) is 0 Å². The number of amides is 2. The number of hydrogen-bond donors (Lipinski definition) is 3. The Morgan fingerprint density at radius 1 is 0.964 bits per heavy atom. The maximum atomic E-state index is 12.4. The van der Waals surface area contributed by atoms with Gasteiger partial charge in [-0.15, -0.1) is 5.10 Å². The van der Waals surface area contributed by atoms with Crippen LogP contribution in [0.15, 0.2) is 54.6 Å². The van der Waals surface area contributed by atoms with Crippen LogP contribution in [-0.4, -0.2) is 33.5 Å². The van der Waals surface area contributed by atoms with E-state index in [9.17, 15) is 22.8 Å². The minimum absolute atomic E-state index is 0.338. The van der Waals surface area contributed by atoms with Crippen LogP contribution in [0.5, 0.6) is 0 Å². The fourth-order valence-corrected chi connectivity index (χ4v) is 2.32. The molecule has 0 radical (unpaired) electrons. The van der Waals surface area contributed by atoms with Gasteiger partial charge in [0.05, 0.1) is 6.54 Å². The highest BCUT2D eigenvalue weighted by Gasteiger charge is 2.35. The van der Waals surface area contributed by atoms with Gasteiger partial charge in [-0.2, -0.15) is 18.2 Å². The molecule has 3 aromatic rings. The van der Waals surface area contributed by atoms with Crippen LogP contribution in [0.4, 0.5) is 19.1 Å². The Morgan fingerprint density at radius 2 is 1.61 bits per heavy atom. The van der Waals surface area contributed by atoms with E-state index in [1.807, 2.05) is 30.3 Å². The average molecular weight is 389 g/mol. The normalized spacial score (nSPS) is 11.1. The van der Waals surface area contributed by atoms with Gasteiger partial charge in [-0.25, -0.2) is 0 Å². The third-order valence-corrected chi connectivity index (χ3v) is 3.67. The van der Waals surface area contributed by atoms with Gasteiger partial charge in [0, 0.05) is 5.56 Å². The highest BCUT2D eigenvalue weighted by atomic mass is 19.4. The number of carbonyl (C=O) groups excluding carboxylic acids is 2. The number of hydrogen-bond acceptors (Lipinski definition) is 4. The van der Waals surface area contributed by atoms with Gasteiger partial charge in [0.1, 0.15) is 0 Å². The van der Waals surface area contributed by atoms with Crippen LogP contribution in [0.2, 0.25) is 0 Å². The Kier molecular flexibility index (Phi) is 5.39. The minimum atomic E-state index is -4.70. The van der Waals surface area contributed by atoms with Crippen LogP contribution < -0.4 is 10.6 Å². The Morgan fingerprint density at radius 3 is 2.21 bits per heavy atom. The van der Waals surface area contributed by atoms with Crippen LogP contribution in [0.25, 0.3) is 11.1 Å². The molecule has 1 aromatic heterocycles. The second-order valence-electron chi connectivity index (χ2n) is 5.68. The zero-order valence-electron chi connectivity index (χ0n) is 14.2. The van der Waals surface area contributed by atoms with Crippen molar-refractivity contribution in [1.82, 2.24) is 20.5 Å². The molecule has 0 spiro atoms. The summed E-state index contributed by atoms with van der Waals surface area (Å²) in [4.78, 5) is 27.0. The summed E-state index contributed by atoms with van der Waals surface area (Å²) in [5.41, 5.74) is 2.27. The van der Waals surface area contributed by atoms with E-state index in [0.29, 0.717) is 5.56 Å². The molecule has 3 rings (SSSR count). The van der Waals surface area contributed by atoms with Crippen LogP contribution in [0.1, 0.15) is 16.2 Å². The lowest BCUT2D eigenvalue weighted by Gasteiger charge is -2.06. The van der Waals surface area contributed by atoms with Crippen molar-refractivity contribution in [2.45, 2.75) is 6.18 Å². The van der Waals surface area contributed by atoms with Gasteiger partial charge < -0.3 is 5.32 Å². The smallest absolute Gasteiger partial charge is 0.343 e. The van der Waals surface area contributed by atoms with Crippen molar-refractivity contribution in [2.24, 2.45) is 0 Å². The predicted molar refractivity (Wildman–Crippen MR) is 94.2 cm³/mol. The predicted octanol–water partition coefficient (Wildman–Crippen LogP) is 2.86. The maximum absolute atomic E-state index is 12.4. The lowest BCUT2D eigenvalue weighted by molar-refractivity contribution is -0.144. The summed E-state index contributed by atoms with van der Waals surface area (Å²) >= 11 is 0. The van der Waals surface area contributed by atoms with Crippen LogP contribution in [0.3, 0.4) is 0 Å². The van der Waals surface area contributed by atoms with Crippen LogP contribution in [-0.2, 0) is 11.0 Å². The molecule has 0 aliphatic carbocycles. The molecule has 0 fully saturated rings. The Balaban J connectivity index is 1.53. The molecule has 0 saturated heterocycles. The van der Waals surface area contributed by atoms with Gasteiger partial charge in [-0.3, -0.25) is 20.0 Å². The molecule has 1 heterocycles. The zero-order chi connectivity index (χ0) is 20.1. The lowest BCUT2D eigenvalue weighted by Crippen LogP contribution is -2.33. The van der Waals surface area contributed by atoms with Gasteiger partial charge in [-0.1, -0.05) is 42.5 Å². The topological polar surface area (TPSA) is 99.8 Å². The molecule has 2 amide bonds. The van der Waals surface area contributed by atoms with Crippen LogP contribution >= 0.6 is 0 Å². The number of aromatic nitrogens is 3. The molecule has 0 aliphatic heterocycles. The second kappa shape index (κ2) is 7.91. The Bertz CT molecular complexity index is 969. The number of alkyl halides is 3. The number of anilines is 1. The molecule has 0 atom stereocenters. The number of benzene rings is 2. The van der Waals surface area contributed by atoms with Gasteiger partial charge >= 0.3 is 6.18 Å². The van der Waals surface area contributed by atoms with Crippen molar-refractivity contribution in [2.75, 3.05) is 11.9 Å². The van der Waals surface area contributed by atoms with E-state index in [2.05, 4.69) is 20.7 Å². The summed E-state index contributed by atoms with van der Waals surface area (Å²) in [7, 11) is 0. The van der Waals surface area contributed by atoms with Crippen molar-refractivity contribution >= 4 is 17.8 Å². The van der Waals surface area contributed by atoms with E-state index < -0.39 is 36.3 Å². The molecule has 10 heteroatoms. The van der Waals surface area contributed by atoms with E-state index >= 15 is 0 Å². The van der Waals surface area contributed by atoms with Gasteiger partial charge in [0.2, 0.25) is 17.7 Å². The largest absolute Gasteiger partial charge is 0.451 e. The van der Waals surface area contributed by atoms with Crippen molar-refractivity contribution < 1.29 is 22.8 Å². The molecule has 7 nitrogen and oxygen atoms in total. The van der Waals surface area contributed by atoms with E-state index in [-0.39, 0.29) is 0 Å². The Hall–Kier alpha value is -3.69. The monoisotopic (exact) mass is 389 g/mol. The second-order valence-corrected chi connectivity index (χ2v) is 5.68. The third kappa shape index (κ3) is 4.72.